The maximum absolute atomic E-state index is 6.53. The quantitative estimate of drug-likeness (QED) is 0.638. The predicted octanol–water partition coefficient (Wildman–Crippen LogP) is 5.42. The van der Waals surface area contributed by atoms with Gasteiger partial charge in [-0.25, -0.2) is 0 Å². The molecule has 4 heteroatoms. The zero-order valence-electron chi connectivity index (χ0n) is 16.7. The molecule has 1 aliphatic heterocycles. The van der Waals surface area contributed by atoms with E-state index < -0.39 is 0 Å². The molecule has 0 saturated heterocycles. The highest BCUT2D eigenvalue weighted by atomic mass is 16.5. The lowest BCUT2D eigenvalue weighted by Crippen LogP contribution is -2.22. The smallest absolute Gasteiger partial charge is 0.137 e. The number of fused-ring (bicyclic) bond motifs is 1. The molecule has 144 valence electrons. The van der Waals surface area contributed by atoms with Crippen LogP contribution in [0.1, 0.15) is 49.2 Å². The molecule has 0 aromatic heterocycles. The van der Waals surface area contributed by atoms with Gasteiger partial charge in [-0.3, -0.25) is 0 Å². The van der Waals surface area contributed by atoms with Crippen molar-refractivity contribution in [3.05, 3.63) is 64.7 Å². The van der Waals surface area contributed by atoms with Crippen LogP contribution in [-0.4, -0.2) is 21.3 Å². The van der Waals surface area contributed by atoms with E-state index in [1.807, 2.05) is 24.3 Å². The Morgan fingerprint density at radius 1 is 1.07 bits per heavy atom. The molecule has 3 rings (SSSR count). The first-order valence-electron chi connectivity index (χ1n) is 9.24. The molecule has 2 unspecified atom stereocenters. The van der Waals surface area contributed by atoms with Crippen molar-refractivity contribution in [2.75, 3.05) is 21.3 Å². The van der Waals surface area contributed by atoms with Crippen LogP contribution in [0.5, 0.6) is 17.2 Å². The minimum absolute atomic E-state index is 0.0779. The third-order valence-corrected chi connectivity index (χ3v) is 4.96. The van der Waals surface area contributed by atoms with Gasteiger partial charge in [-0.05, 0) is 25.8 Å². The summed E-state index contributed by atoms with van der Waals surface area (Å²) in [6.07, 6.45) is 3.46. The van der Waals surface area contributed by atoms with Gasteiger partial charge < -0.3 is 18.9 Å². The van der Waals surface area contributed by atoms with Crippen molar-refractivity contribution >= 4 is 0 Å². The monoisotopic (exact) mass is 368 g/mol. The van der Waals surface area contributed by atoms with E-state index in [9.17, 15) is 0 Å². The van der Waals surface area contributed by atoms with E-state index in [1.54, 1.807) is 21.3 Å². The maximum Gasteiger partial charge on any atom is 0.137 e. The molecule has 1 aliphatic rings. The van der Waals surface area contributed by atoms with Gasteiger partial charge in [0.2, 0.25) is 0 Å². The number of methoxy groups -OCH3 is 3. The minimum atomic E-state index is -0.106. The Bertz CT molecular complexity index is 807. The van der Waals surface area contributed by atoms with Crippen molar-refractivity contribution in [2.45, 2.75) is 38.9 Å². The zero-order valence-corrected chi connectivity index (χ0v) is 16.7. The van der Waals surface area contributed by atoms with Gasteiger partial charge in [0.25, 0.3) is 0 Å². The lowest BCUT2D eigenvalue weighted by Gasteiger charge is -2.34. The summed E-state index contributed by atoms with van der Waals surface area (Å²) in [5.41, 5.74) is 4.38. The maximum atomic E-state index is 6.53. The minimum Gasteiger partial charge on any atom is -0.496 e. The van der Waals surface area contributed by atoms with Crippen molar-refractivity contribution in [3.8, 4) is 17.2 Å². The molecule has 4 nitrogen and oxygen atoms in total. The number of rotatable bonds is 6. The second kappa shape index (κ2) is 8.49. The topological polar surface area (TPSA) is 36.9 Å². The fourth-order valence-electron chi connectivity index (χ4n) is 3.55. The highest BCUT2D eigenvalue weighted by Crippen LogP contribution is 2.51. The van der Waals surface area contributed by atoms with E-state index in [2.05, 4.69) is 32.1 Å². The molecule has 0 fully saturated rings. The van der Waals surface area contributed by atoms with E-state index >= 15 is 0 Å². The summed E-state index contributed by atoms with van der Waals surface area (Å²) >= 11 is 0. The van der Waals surface area contributed by atoms with Crippen LogP contribution in [0.2, 0.25) is 0 Å². The van der Waals surface area contributed by atoms with Crippen molar-refractivity contribution < 1.29 is 18.9 Å². The Morgan fingerprint density at radius 3 is 2.37 bits per heavy atom. The third-order valence-electron chi connectivity index (χ3n) is 4.96. The zero-order chi connectivity index (χ0) is 19.4. The first-order chi connectivity index (χ1) is 13.1. The summed E-state index contributed by atoms with van der Waals surface area (Å²) < 4.78 is 23.7. The average Bonchev–Trinajstić information content (AvgIpc) is 2.71. The van der Waals surface area contributed by atoms with Gasteiger partial charge in [-0.1, -0.05) is 42.0 Å². The van der Waals surface area contributed by atoms with Crippen LogP contribution < -0.4 is 14.2 Å². The second-order valence-corrected chi connectivity index (χ2v) is 6.97. The van der Waals surface area contributed by atoms with E-state index in [1.165, 1.54) is 5.57 Å². The van der Waals surface area contributed by atoms with Gasteiger partial charge in [-0.15, -0.1) is 0 Å². The molecule has 27 heavy (non-hydrogen) atoms. The standard InChI is InChI=1S/C23H28O4/c1-15(2)11-12-17-19(24-3)14-21(26-5)22-20(25-4)13-18(27-23(17)22)16-9-7-6-8-10-16/h6-11,14,18,20H,12-13H2,1-5H3. The van der Waals surface area contributed by atoms with Gasteiger partial charge in [0, 0.05) is 25.2 Å². The number of hydrogen-bond donors (Lipinski definition) is 0. The Morgan fingerprint density at radius 2 is 1.78 bits per heavy atom. The van der Waals surface area contributed by atoms with Crippen LogP contribution >= 0.6 is 0 Å². The van der Waals surface area contributed by atoms with Crippen LogP contribution in [0.4, 0.5) is 0 Å². The molecule has 2 atom stereocenters. The summed E-state index contributed by atoms with van der Waals surface area (Å²) in [4.78, 5) is 0. The first kappa shape index (κ1) is 19.3. The lowest BCUT2D eigenvalue weighted by atomic mass is 9.91. The highest BCUT2D eigenvalue weighted by Gasteiger charge is 2.35. The Kier molecular flexibility index (Phi) is 6.07. The molecule has 0 radical (unpaired) electrons. The largest absolute Gasteiger partial charge is 0.496 e. The first-order valence-corrected chi connectivity index (χ1v) is 9.24. The molecule has 0 aliphatic carbocycles. The Balaban J connectivity index is 2.16. The molecule has 0 bridgehead atoms. The van der Waals surface area contributed by atoms with Crippen molar-refractivity contribution in [1.82, 2.24) is 0 Å². The summed E-state index contributed by atoms with van der Waals surface area (Å²) in [7, 11) is 5.08. The van der Waals surface area contributed by atoms with Crippen LogP contribution in [-0.2, 0) is 11.2 Å². The van der Waals surface area contributed by atoms with Gasteiger partial charge in [0.15, 0.2) is 0 Å². The van der Waals surface area contributed by atoms with E-state index in [0.29, 0.717) is 0 Å². The lowest BCUT2D eigenvalue weighted by molar-refractivity contribution is 0.0274. The number of ether oxygens (including phenoxy) is 4. The third kappa shape index (κ3) is 3.96. The van der Waals surface area contributed by atoms with Gasteiger partial charge >= 0.3 is 0 Å². The second-order valence-electron chi connectivity index (χ2n) is 6.97. The molecule has 2 aromatic rings. The molecule has 0 amide bonds. The SMILES string of the molecule is COc1cc(OC)c2c(c1CC=C(C)C)OC(c1ccccc1)CC2OC. The Hall–Kier alpha value is -2.46. The highest BCUT2D eigenvalue weighted by molar-refractivity contribution is 5.60. The van der Waals surface area contributed by atoms with Gasteiger partial charge in [-0.2, -0.15) is 0 Å². The van der Waals surface area contributed by atoms with Crippen LogP contribution in [0.25, 0.3) is 0 Å². The summed E-state index contributed by atoms with van der Waals surface area (Å²) in [5, 5.41) is 0. The molecular formula is C23H28O4. The number of allylic oxidation sites excluding steroid dienone is 2. The normalized spacial score (nSPS) is 18.3. The number of hydrogen-bond acceptors (Lipinski definition) is 4. The van der Waals surface area contributed by atoms with Crippen LogP contribution in [0.3, 0.4) is 0 Å². The molecule has 0 N–H and O–H groups in total. The molecular weight excluding hydrogens is 340 g/mol. The summed E-state index contributed by atoms with van der Waals surface area (Å²) in [5.74, 6) is 2.32. The fourth-order valence-corrected chi connectivity index (χ4v) is 3.55. The van der Waals surface area contributed by atoms with E-state index in [-0.39, 0.29) is 12.2 Å². The van der Waals surface area contributed by atoms with Crippen molar-refractivity contribution in [2.24, 2.45) is 0 Å². The summed E-state index contributed by atoms with van der Waals surface area (Å²) in [6, 6.07) is 12.2. The van der Waals surface area contributed by atoms with Gasteiger partial charge in [0.05, 0.1) is 25.9 Å². The molecule has 0 spiro atoms. The molecule has 0 saturated carbocycles. The molecule has 2 aromatic carbocycles. The summed E-state index contributed by atoms with van der Waals surface area (Å²) in [6.45, 7) is 4.18. The fraction of sp³-hybridized carbons (Fsp3) is 0.391. The van der Waals surface area contributed by atoms with Crippen molar-refractivity contribution in [3.63, 3.8) is 0 Å². The van der Waals surface area contributed by atoms with Crippen molar-refractivity contribution in [1.29, 1.82) is 0 Å². The average molecular weight is 368 g/mol. The number of benzene rings is 2. The van der Waals surface area contributed by atoms with E-state index in [0.717, 1.165) is 46.8 Å². The van der Waals surface area contributed by atoms with Crippen LogP contribution in [0, 0.1) is 0 Å². The Labute approximate surface area is 161 Å². The van der Waals surface area contributed by atoms with Gasteiger partial charge in [0.1, 0.15) is 23.4 Å². The molecule has 1 heterocycles. The van der Waals surface area contributed by atoms with E-state index in [4.69, 9.17) is 18.9 Å². The predicted molar refractivity (Wildman–Crippen MR) is 107 cm³/mol. The van der Waals surface area contributed by atoms with Crippen LogP contribution in [0.15, 0.2) is 48.0 Å².